The first-order valence-corrected chi connectivity index (χ1v) is 5.03. The van der Waals surface area contributed by atoms with Crippen molar-refractivity contribution in [3.05, 3.63) is 29.8 Å². The normalized spacial score (nSPS) is 9.88. The van der Waals surface area contributed by atoms with E-state index in [1.807, 2.05) is 19.9 Å². The molecule has 0 bridgehead atoms. The van der Waals surface area contributed by atoms with Gasteiger partial charge in [0.1, 0.15) is 12.3 Å². The van der Waals surface area contributed by atoms with Crippen molar-refractivity contribution < 1.29 is 9.90 Å². The molecule has 0 aliphatic rings. The molecule has 1 aromatic rings. The molecule has 1 amide bonds. The Labute approximate surface area is 94.7 Å². The van der Waals surface area contributed by atoms with Gasteiger partial charge in [-0.25, -0.2) is 0 Å². The largest absolute Gasteiger partial charge is 0.508 e. The molecule has 4 heteroatoms. The summed E-state index contributed by atoms with van der Waals surface area (Å²) in [6, 6.07) is 7.95. The highest BCUT2D eigenvalue weighted by atomic mass is 16.3. The number of phenolic OH excluding ortho intramolecular Hbond substituents is 1. The first-order chi connectivity index (χ1) is 7.56. The minimum absolute atomic E-state index is 0.0269. The zero-order valence-electron chi connectivity index (χ0n) is 9.34. The molecule has 0 aromatic heterocycles. The zero-order chi connectivity index (χ0) is 12.1. The summed E-state index contributed by atoms with van der Waals surface area (Å²) in [5.74, 6) is -0.0792. The molecule has 0 radical (unpaired) electrons. The average Bonchev–Trinajstić information content (AvgIpc) is 2.25. The maximum absolute atomic E-state index is 12.0. The second-order valence-corrected chi connectivity index (χ2v) is 3.73. The lowest BCUT2D eigenvalue weighted by Crippen LogP contribution is -2.37. The number of carbonyl (C=O) groups is 1. The molecule has 0 spiro atoms. The molecule has 0 aliphatic heterocycles. The molecule has 1 aromatic carbocycles. The maximum Gasteiger partial charge on any atom is 0.254 e. The van der Waals surface area contributed by atoms with Gasteiger partial charge in [0, 0.05) is 11.6 Å². The van der Waals surface area contributed by atoms with Crippen LogP contribution < -0.4 is 0 Å². The fourth-order valence-corrected chi connectivity index (χ4v) is 1.33. The van der Waals surface area contributed by atoms with Crippen molar-refractivity contribution in [3.63, 3.8) is 0 Å². The number of amides is 1. The molecule has 84 valence electrons. The van der Waals surface area contributed by atoms with Crippen LogP contribution >= 0.6 is 0 Å². The van der Waals surface area contributed by atoms with Crippen LogP contribution in [0.2, 0.25) is 0 Å². The van der Waals surface area contributed by atoms with Gasteiger partial charge in [0.2, 0.25) is 0 Å². The summed E-state index contributed by atoms with van der Waals surface area (Å²) in [5.41, 5.74) is 0.474. The van der Waals surface area contributed by atoms with Crippen LogP contribution in [-0.2, 0) is 0 Å². The van der Waals surface area contributed by atoms with Crippen LogP contribution in [-0.4, -0.2) is 28.5 Å². The zero-order valence-corrected chi connectivity index (χ0v) is 9.34. The molecular formula is C12H14N2O2. The lowest BCUT2D eigenvalue weighted by atomic mass is 10.1. The monoisotopic (exact) mass is 218 g/mol. The van der Waals surface area contributed by atoms with Crippen molar-refractivity contribution in [1.29, 1.82) is 5.26 Å². The Morgan fingerprint density at radius 1 is 1.44 bits per heavy atom. The van der Waals surface area contributed by atoms with Gasteiger partial charge in [0.15, 0.2) is 0 Å². The topological polar surface area (TPSA) is 64.3 Å². The van der Waals surface area contributed by atoms with Gasteiger partial charge in [-0.1, -0.05) is 0 Å². The summed E-state index contributed by atoms with van der Waals surface area (Å²) in [6.45, 7) is 3.78. The van der Waals surface area contributed by atoms with Crippen molar-refractivity contribution in [2.75, 3.05) is 6.54 Å². The number of carbonyl (C=O) groups excluding carboxylic acids is 1. The van der Waals surface area contributed by atoms with E-state index in [-0.39, 0.29) is 24.2 Å². The Hall–Kier alpha value is -2.02. The van der Waals surface area contributed by atoms with Gasteiger partial charge >= 0.3 is 0 Å². The third-order valence-electron chi connectivity index (χ3n) is 2.24. The van der Waals surface area contributed by atoms with E-state index in [1.54, 1.807) is 12.1 Å². The number of aromatic hydroxyl groups is 1. The highest BCUT2D eigenvalue weighted by molar-refractivity contribution is 5.94. The summed E-state index contributed by atoms with van der Waals surface area (Å²) in [4.78, 5) is 13.5. The Morgan fingerprint density at radius 3 is 2.44 bits per heavy atom. The quantitative estimate of drug-likeness (QED) is 0.786. The number of benzene rings is 1. The van der Waals surface area contributed by atoms with Crippen LogP contribution in [0.15, 0.2) is 24.3 Å². The molecule has 1 N–H and O–H groups in total. The molecule has 16 heavy (non-hydrogen) atoms. The third-order valence-corrected chi connectivity index (χ3v) is 2.24. The minimum atomic E-state index is -0.198. The van der Waals surface area contributed by atoms with E-state index in [4.69, 9.17) is 10.4 Å². The Morgan fingerprint density at radius 2 is 2.00 bits per heavy atom. The third kappa shape index (κ3) is 2.74. The van der Waals surface area contributed by atoms with E-state index in [9.17, 15) is 4.79 Å². The molecule has 4 nitrogen and oxygen atoms in total. The van der Waals surface area contributed by atoms with Crippen molar-refractivity contribution in [3.8, 4) is 11.8 Å². The predicted octanol–water partition coefficient (Wildman–Crippen LogP) is 1.77. The summed E-state index contributed by atoms with van der Waals surface area (Å²) in [7, 11) is 0. The number of nitrogens with zero attached hydrogens (tertiary/aromatic N) is 2. The van der Waals surface area contributed by atoms with E-state index in [0.29, 0.717) is 5.56 Å². The summed E-state index contributed by atoms with van der Waals surface area (Å²) in [5, 5.41) is 17.8. The van der Waals surface area contributed by atoms with E-state index in [0.717, 1.165) is 0 Å². The number of hydrogen-bond acceptors (Lipinski definition) is 3. The molecule has 1 rings (SSSR count). The summed E-state index contributed by atoms with van der Waals surface area (Å²) >= 11 is 0. The number of phenols is 1. The highest BCUT2D eigenvalue weighted by Gasteiger charge is 2.17. The average molecular weight is 218 g/mol. The van der Waals surface area contributed by atoms with Crippen LogP contribution in [0.4, 0.5) is 0 Å². The molecule has 0 atom stereocenters. The SMILES string of the molecule is CC(C)N(CC#N)C(=O)c1ccc(O)cc1. The maximum atomic E-state index is 12.0. The minimum Gasteiger partial charge on any atom is -0.508 e. The lowest BCUT2D eigenvalue weighted by Gasteiger charge is -2.23. The van der Waals surface area contributed by atoms with Gasteiger partial charge in [0.25, 0.3) is 5.91 Å². The molecule has 0 fully saturated rings. The van der Waals surface area contributed by atoms with Crippen molar-refractivity contribution in [2.24, 2.45) is 0 Å². The lowest BCUT2D eigenvalue weighted by molar-refractivity contribution is 0.0731. The highest BCUT2D eigenvalue weighted by Crippen LogP contribution is 2.13. The van der Waals surface area contributed by atoms with Crippen molar-refractivity contribution in [1.82, 2.24) is 4.90 Å². The molecule has 0 saturated carbocycles. The van der Waals surface area contributed by atoms with Crippen LogP contribution in [0, 0.1) is 11.3 Å². The number of rotatable bonds is 3. The standard InChI is InChI=1S/C12H14N2O2/c1-9(2)14(8-7-13)12(16)10-3-5-11(15)6-4-10/h3-6,9,15H,8H2,1-2H3. The van der Waals surface area contributed by atoms with Gasteiger partial charge in [-0.2, -0.15) is 5.26 Å². The Kier molecular flexibility index (Phi) is 3.90. The van der Waals surface area contributed by atoms with E-state index in [1.165, 1.54) is 17.0 Å². The van der Waals surface area contributed by atoms with E-state index in [2.05, 4.69) is 0 Å². The summed E-state index contributed by atoms with van der Waals surface area (Å²) < 4.78 is 0. The van der Waals surface area contributed by atoms with Gasteiger partial charge < -0.3 is 10.0 Å². The van der Waals surface area contributed by atoms with Gasteiger partial charge in [-0.15, -0.1) is 0 Å². The predicted molar refractivity (Wildman–Crippen MR) is 59.9 cm³/mol. The number of nitriles is 1. The second-order valence-electron chi connectivity index (χ2n) is 3.73. The van der Waals surface area contributed by atoms with E-state index >= 15 is 0 Å². The molecule has 0 saturated heterocycles. The van der Waals surface area contributed by atoms with E-state index < -0.39 is 0 Å². The van der Waals surface area contributed by atoms with Crippen LogP contribution in [0.3, 0.4) is 0 Å². The molecule has 0 aliphatic carbocycles. The van der Waals surface area contributed by atoms with Crippen LogP contribution in [0.1, 0.15) is 24.2 Å². The summed E-state index contributed by atoms with van der Waals surface area (Å²) in [6.07, 6.45) is 0. The molecule has 0 heterocycles. The van der Waals surface area contributed by atoms with Gasteiger partial charge in [0.05, 0.1) is 6.07 Å². The smallest absolute Gasteiger partial charge is 0.254 e. The second kappa shape index (κ2) is 5.17. The van der Waals surface area contributed by atoms with Crippen molar-refractivity contribution in [2.45, 2.75) is 19.9 Å². The fourth-order valence-electron chi connectivity index (χ4n) is 1.33. The molecule has 0 unspecified atom stereocenters. The van der Waals surface area contributed by atoms with Crippen molar-refractivity contribution >= 4 is 5.91 Å². The Balaban J connectivity index is 2.91. The Bertz CT molecular complexity index is 404. The van der Waals surface area contributed by atoms with Gasteiger partial charge in [-0.3, -0.25) is 4.79 Å². The first kappa shape index (κ1) is 12.1. The molecular weight excluding hydrogens is 204 g/mol. The van der Waals surface area contributed by atoms with Gasteiger partial charge in [-0.05, 0) is 38.1 Å². The van der Waals surface area contributed by atoms with Crippen LogP contribution in [0.5, 0.6) is 5.75 Å². The first-order valence-electron chi connectivity index (χ1n) is 5.03. The van der Waals surface area contributed by atoms with Crippen LogP contribution in [0.25, 0.3) is 0 Å². The fraction of sp³-hybridized carbons (Fsp3) is 0.333. The number of hydrogen-bond donors (Lipinski definition) is 1.